The van der Waals surface area contributed by atoms with Gasteiger partial charge in [0, 0.05) is 27.1 Å². The molecule has 0 aliphatic rings. The number of amides is 1. The summed E-state index contributed by atoms with van der Waals surface area (Å²) < 4.78 is 43.6. The average molecular weight is 318 g/mol. The molecule has 0 aliphatic heterocycles. The maximum Gasteiger partial charge on any atom is 0.416 e. The topological polar surface area (TPSA) is 41.6 Å². The summed E-state index contributed by atoms with van der Waals surface area (Å²) in [6, 6.07) is 4.83. The maximum absolute atomic E-state index is 12.8. The lowest BCUT2D eigenvalue weighted by molar-refractivity contribution is -0.137. The van der Waals surface area contributed by atoms with Crippen molar-refractivity contribution in [2.75, 3.05) is 34.4 Å². The van der Waals surface area contributed by atoms with Crippen LogP contribution in [-0.4, -0.2) is 45.2 Å². The first-order valence-electron chi connectivity index (χ1n) is 6.86. The Morgan fingerprint density at radius 1 is 1.41 bits per heavy atom. The van der Waals surface area contributed by atoms with Gasteiger partial charge in [0.1, 0.15) is 0 Å². The van der Waals surface area contributed by atoms with Crippen LogP contribution in [0.2, 0.25) is 0 Å². The third-order valence-electron chi connectivity index (χ3n) is 3.43. The number of rotatable bonds is 7. The molecule has 0 bridgehead atoms. The van der Waals surface area contributed by atoms with Crippen LogP contribution in [0.1, 0.15) is 23.6 Å². The fourth-order valence-electron chi connectivity index (χ4n) is 2.12. The van der Waals surface area contributed by atoms with Crippen LogP contribution in [0.4, 0.5) is 13.2 Å². The van der Waals surface area contributed by atoms with Gasteiger partial charge in [-0.05, 0) is 24.7 Å². The van der Waals surface area contributed by atoms with Crippen LogP contribution in [0.15, 0.2) is 24.3 Å². The smallest absolute Gasteiger partial charge is 0.383 e. The summed E-state index contributed by atoms with van der Waals surface area (Å²) in [5.41, 5.74) is -0.179. The van der Waals surface area contributed by atoms with E-state index in [1.54, 1.807) is 20.2 Å². The number of nitrogens with one attached hydrogen (secondary N) is 1. The number of hydrogen-bond acceptors (Lipinski definition) is 3. The summed E-state index contributed by atoms with van der Waals surface area (Å²) in [6.45, 7) is 0.662. The van der Waals surface area contributed by atoms with Gasteiger partial charge in [0.25, 0.3) is 0 Å². The van der Waals surface area contributed by atoms with Gasteiger partial charge >= 0.3 is 6.18 Å². The summed E-state index contributed by atoms with van der Waals surface area (Å²) in [4.78, 5) is 13.1. The van der Waals surface area contributed by atoms with E-state index in [4.69, 9.17) is 4.74 Å². The Balaban J connectivity index is 2.92. The van der Waals surface area contributed by atoms with Gasteiger partial charge in [0.15, 0.2) is 0 Å². The molecule has 0 unspecified atom stereocenters. The largest absolute Gasteiger partial charge is 0.416 e. The molecule has 1 atom stereocenters. The molecule has 0 saturated heterocycles. The van der Waals surface area contributed by atoms with E-state index in [9.17, 15) is 18.0 Å². The zero-order valence-corrected chi connectivity index (χ0v) is 12.9. The molecule has 0 saturated carbocycles. The highest BCUT2D eigenvalue weighted by molar-refractivity contribution is 5.75. The molecule has 1 N–H and O–H groups in total. The van der Waals surface area contributed by atoms with E-state index < -0.39 is 11.7 Å². The Bertz CT molecular complexity index is 492. The maximum atomic E-state index is 12.8. The standard InChI is InChI=1S/C15H21F3N2O2/c1-19-14(21)7-8-20(2)13(10-22-3)11-5-4-6-12(9-11)15(16,17)18/h4-6,9,13H,7-8,10H2,1-3H3,(H,19,21)/t13-/m0/s1. The molecular weight excluding hydrogens is 297 g/mol. The molecule has 22 heavy (non-hydrogen) atoms. The molecule has 124 valence electrons. The number of benzene rings is 1. The van der Waals surface area contributed by atoms with E-state index in [0.717, 1.165) is 12.1 Å². The predicted octanol–water partition coefficient (Wildman–Crippen LogP) is 2.46. The van der Waals surface area contributed by atoms with E-state index in [0.29, 0.717) is 12.1 Å². The monoisotopic (exact) mass is 318 g/mol. The van der Waals surface area contributed by atoms with E-state index in [1.165, 1.54) is 13.2 Å². The van der Waals surface area contributed by atoms with Gasteiger partial charge in [-0.3, -0.25) is 9.69 Å². The zero-order valence-electron chi connectivity index (χ0n) is 12.9. The van der Waals surface area contributed by atoms with Crippen LogP contribution in [0.5, 0.6) is 0 Å². The SMILES string of the molecule is CNC(=O)CCN(C)[C@@H](COC)c1cccc(C(F)(F)F)c1. The van der Waals surface area contributed by atoms with E-state index >= 15 is 0 Å². The van der Waals surface area contributed by atoms with Crippen LogP contribution in [0, 0.1) is 0 Å². The zero-order chi connectivity index (χ0) is 16.8. The Labute approximate surface area is 128 Å². The second kappa shape index (κ2) is 8.14. The van der Waals surface area contributed by atoms with Crippen molar-refractivity contribution >= 4 is 5.91 Å². The highest BCUT2D eigenvalue weighted by Crippen LogP contribution is 2.31. The molecule has 1 aromatic rings. The van der Waals surface area contributed by atoms with Crippen LogP contribution in [-0.2, 0) is 15.7 Å². The first-order chi connectivity index (χ1) is 10.3. The third kappa shape index (κ3) is 5.31. The summed E-state index contributed by atoms with van der Waals surface area (Å²) in [5.74, 6) is -0.118. The van der Waals surface area contributed by atoms with Crippen molar-refractivity contribution in [1.29, 1.82) is 0 Å². The van der Waals surface area contributed by atoms with Gasteiger partial charge in [-0.25, -0.2) is 0 Å². The fraction of sp³-hybridized carbons (Fsp3) is 0.533. The van der Waals surface area contributed by atoms with Crippen molar-refractivity contribution in [3.63, 3.8) is 0 Å². The highest BCUT2D eigenvalue weighted by Gasteiger charge is 2.31. The first-order valence-corrected chi connectivity index (χ1v) is 6.86. The third-order valence-corrected chi connectivity index (χ3v) is 3.43. The minimum atomic E-state index is -4.38. The number of carbonyl (C=O) groups is 1. The first kappa shape index (κ1) is 18.4. The number of alkyl halides is 3. The number of halogens is 3. The Morgan fingerprint density at radius 2 is 2.09 bits per heavy atom. The van der Waals surface area contributed by atoms with Gasteiger partial charge in [0.05, 0.1) is 18.2 Å². The van der Waals surface area contributed by atoms with Crippen molar-refractivity contribution in [1.82, 2.24) is 10.2 Å². The summed E-state index contributed by atoms with van der Waals surface area (Å²) in [7, 11) is 4.79. The van der Waals surface area contributed by atoms with Crippen LogP contribution < -0.4 is 5.32 Å². The molecular formula is C15H21F3N2O2. The number of nitrogens with zero attached hydrogens (tertiary/aromatic N) is 1. The van der Waals surface area contributed by atoms with Gasteiger partial charge in [-0.15, -0.1) is 0 Å². The van der Waals surface area contributed by atoms with E-state index in [1.807, 2.05) is 4.90 Å². The highest BCUT2D eigenvalue weighted by atomic mass is 19.4. The van der Waals surface area contributed by atoms with Crippen molar-refractivity contribution in [2.45, 2.75) is 18.6 Å². The van der Waals surface area contributed by atoms with Gasteiger partial charge in [0.2, 0.25) is 5.91 Å². The molecule has 0 radical (unpaired) electrons. The molecule has 4 nitrogen and oxygen atoms in total. The number of ether oxygens (including phenoxy) is 1. The summed E-state index contributed by atoms with van der Waals surface area (Å²) >= 11 is 0. The minimum absolute atomic E-state index is 0.118. The second-order valence-corrected chi connectivity index (χ2v) is 5.00. The lowest BCUT2D eigenvalue weighted by Gasteiger charge is -2.28. The normalized spacial score (nSPS) is 13.2. The van der Waals surface area contributed by atoms with Crippen molar-refractivity contribution in [3.05, 3.63) is 35.4 Å². The van der Waals surface area contributed by atoms with Gasteiger partial charge in [-0.2, -0.15) is 13.2 Å². The average Bonchev–Trinajstić information content (AvgIpc) is 2.49. The van der Waals surface area contributed by atoms with Gasteiger partial charge in [-0.1, -0.05) is 12.1 Å². The fourth-order valence-corrected chi connectivity index (χ4v) is 2.12. The molecule has 0 aliphatic carbocycles. The van der Waals surface area contributed by atoms with Crippen molar-refractivity contribution in [2.24, 2.45) is 0 Å². The molecule has 1 amide bonds. The van der Waals surface area contributed by atoms with Crippen molar-refractivity contribution < 1.29 is 22.7 Å². The number of likely N-dealkylation sites (N-methyl/N-ethyl adjacent to an activating group) is 1. The van der Waals surface area contributed by atoms with Crippen LogP contribution in [0.25, 0.3) is 0 Å². The predicted molar refractivity (Wildman–Crippen MR) is 77.4 cm³/mol. The molecule has 1 rings (SSSR count). The minimum Gasteiger partial charge on any atom is -0.383 e. The van der Waals surface area contributed by atoms with Crippen molar-refractivity contribution in [3.8, 4) is 0 Å². The van der Waals surface area contributed by atoms with Gasteiger partial charge < -0.3 is 10.1 Å². The van der Waals surface area contributed by atoms with E-state index in [2.05, 4.69) is 5.32 Å². The molecule has 0 spiro atoms. The molecule has 1 aromatic carbocycles. The number of methoxy groups -OCH3 is 1. The Kier molecular flexibility index (Phi) is 6.83. The number of carbonyl (C=O) groups excluding carboxylic acids is 1. The summed E-state index contributed by atoms with van der Waals surface area (Å²) in [6.07, 6.45) is -4.11. The lowest BCUT2D eigenvalue weighted by Crippen LogP contribution is -2.32. The quantitative estimate of drug-likeness (QED) is 0.840. The van der Waals surface area contributed by atoms with Crippen LogP contribution >= 0.6 is 0 Å². The molecule has 0 heterocycles. The molecule has 0 aromatic heterocycles. The Morgan fingerprint density at radius 3 is 2.64 bits per heavy atom. The van der Waals surface area contributed by atoms with Crippen LogP contribution in [0.3, 0.4) is 0 Å². The second-order valence-electron chi connectivity index (χ2n) is 5.00. The number of hydrogen-bond donors (Lipinski definition) is 1. The lowest BCUT2D eigenvalue weighted by atomic mass is 10.0. The molecule has 7 heteroatoms. The Hall–Kier alpha value is -1.60. The van der Waals surface area contributed by atoms with E-state index in [-0.39, 0.29) is 25.0 Å². The molecule has 0 fully saturated rings. The summed E-state index contributed by atoms with van der Waals surface area (Å²) in [5, 5.41) is 2.51.